The van der Waals surface area contributed by atoms with Gasteiger partial charge in [0.25, 0.3) is 0 Å². The van der Waals surface area contributed by atoms with Crippen molar-refractivity contribution in [2.75, 3.05) is 20.1 Å². The number of ether oxygens (including phenoxy) is 1. The first-order valence-corrected chi connectivity index (χ1v) is 11.5. The van der Waals surface area contributed by atoms with Crippen molar-refractivity contribution >= 4 is 30.5 Å². The molecule has 2 atom stereocenters. The fraction of sp³-hybridized carbons (Fsp3) is 0.933. The van der Waals surface area contributed by atoms with Gasteiger partial charge in [-0.3, -0.25) is 0 Å². The van der Waals surface area contributed by atoms with Crippen LogP contribution in [0.1, 0.15) is 51.9 Å². The number of nitrogens with two attached hydrogens (primary N) is 1. The number of rotatable bonds is 8. The van der Waals surface area contributed by atoms with E-state index in [4.69, 9.17) is 10.5 Å². The molecule has 1 rings (SSSR count). The van der Waals surface area contributed by atoms with Crippen LogP contribution < -0.4 is 5.73 Å². The molecule has 1 saturated heterocycles. The molecule has 1 aliphatic rings. The number of primary amides is 1. The number of piperidine rings is 1. The van der Waals surface area contributed by atoms with Crippen LogP contribution >= 0.6 is 0 Å². The maximum absolute atomic E-state index is 10.9. The van der Waals surface area contributed by atoms with E-state index in [-0.39, 0.29) is 6.10 Å². The van der Waals surface area contributed by atoms with E-state index in [1.165, 1.54) is 38.8 Å². The first kappa shape index (κ1) is 18.1. The number of likely N-dealkylation sites (tertiary alicyclic amines) is 1. The van der Waals surface area contributed by atoms with Crippen molar-refractivity contribution < 1.29 is 9.53 Å². The molecule has 1 fully saturated rings. The van der Waals surface area contributed by atoms with Gasteiger partial charge in [-0.25, -0.2) is 0 Å². The zero-order valence-corrected chi connectivity index (χ0v) is 19.1. The summed E-state index contributed by atoms with van der Waals surface area (Å²) in [6.45, 7) is 4.66. The molecule has 0 aromatic heterocycles. The molecular weight excluding hydrogens is 355 g/mol. The molecule has 2 unspecified atom stereocenters. The normalized spacial score (nSPS) is 20.5. The molecule has 5 heteroatoms. The summed E-state index contributed by atoms with van der Waals surface area (Å²) in [6.07, 6.45) is 7.66. The standard InChI is InChI=1S/C15H29N2O2.In.2H/c1-3-6-14(19-15(16)18)8-5-4-7-13-9-11-17(2)12-10-13;;;/h7,13-14H,3-6,8-12H2,1-2H3,(H2,16,18);;;. The summed E-state index contributed by atoms with van der Waals surface area (Å²) < 4.78 is 6.17. The molecule has 116 valence electrons. The summed E-state index contributed by atoms with van der Waals surface area (Å²) >= 11 is 0.724. The Labute approximate surface area is 138 Å². The quantitative estimate of drug-likeness (QED) is 0.696. The number of amides is 1. The van der Waals surface area contributed by atoms with Gasteiger partial charge in [-0.1, -0.05) is 0 Å². The predicted molar refractivity (Wildman–Crippen MR) is 85.7 cm³/mol. The van der Waals surface area contributed by atoms with Gasteiger partial charge in [0, 0.05) is 0 Å². The summed E-state index contributed by atoms with van der Waals surface area (Å²) in [5.74, 6) is 0.962. The van der Waals surface area contributed by atoms with E-state index >= 15 is 0 Å². The molecule has 1 aliphatic heterocycles. The molecule has 0 aromatic carbocycles. The van der Waals surface area contributed by atoms with Crippen LogP contribution in [0, 0.1) is 5.92 Å². The number of hydrogen-bond acceptors (Lipinski definition) is 3. The van der Waals surface area contributed by atoms with E-state index in [0.717, 1.165) is 53.2 Å². The van der Waals surface area contributed by atoms with Gasteiger partial charge in [-0.05, 0) is 0 Å². The van der Waals surface area contributed by atoms with Crippen molar-refractivity contribution in [1.82, 2.24) is 4.90 Å². The molecule has 0 spiro atoms. The Morgan fingerprint density at radius 3 is 2.55 bits per heavy atom. The summed E-state index contributed by atoms with van der Waals surface area (Å²) in [7, 11) is 2.22. The Morgan fingerprint density at radius 2 is 2.00 bits per heavy atom. The van der Waals surface area contributed by atoms with Crippen LogP contribution in [-0.4, -0.2) is 61.6 Å². The molecule has 1 amide bonds. The summed E-state index contributed by atoms with van der Waals surface area (Å²) in [6, 6.07) is 0. The molecule has 0 saturated carbocycles. The zero-order valence-electron chi connectivity index (χ0n) is 13.4. The third-order valence-electron chi connectivity index (χ3n) is 4.65. The van der Waals surface area contributed by atoms with Crippen molar-refractivity contribution in [2.45, 2.75) is 61.6 Å². The summed E-state index contributed by atoms with van der Waals surface area (Å²) in [5.41, 5.74) is 5.13. The van der Waals surface area contributed by atoms with Gasteiger partial charge < -0.3 is 0 Å². The first-order valence-electron chi connectivity index (χ1n) is 8.17. The van der Waals surface area contributed by atoms with Gasteiger partial charge >= 0.3 is 138 Å². The molecular formula is C15H31InN2O2. The van der Waals surface area contributed by atoms with Crippen LogP contribution in [0.2, 0.25) is 3.67 Å². The van der Waals surface area contributed by atoms with E-state index < -0.39 is 6.09 Å². The van der Waals surface area contributed by atoms with Gasteiger partial charge in [0.1, 0.15) is 0 Å². The van der Waals surface area contributed by atoms with E-state index in [9.17, 15) is 4.79 Å². The van der Waals surface area contributed by atoms with Crippen molar-refractivity contribution in [3.8, 4) is 0 Å². The van der Waals surface area contributed by atoms with Crippen LogP contribution in [0.3, 0.4) is 0 Å². The molecule has 0 aliphatic carbocycles. The molecule has 0 radical (unpaired) electrons. The average Bonchev–Trinajstić information content (AvgIpc) is 2.39. The van der Waals surface area contributed by atoms with E-state index in [1.54, 1.807) is 0 Å². The minimum absolute atomic E-state index is 0.0392. The van der Waals surface area contributed by atoms with Crippen LogP contribution in [0.15, 0.2) is 0 Å². The third-order valence-corrected chi connectivity index (χ3v) is 8.99. The summed E-state index contributed by atoms with van der Waals surface area (Å²) in [5, 5.41) is 0. The Hall–Kier alpha value is 0.100. The Kier molecular flexibility index (Phi) is 9.01. The van der Waals surface area contributed by atoms with Crippen molar-refractivity contribution in [2.24, 2.45) is 11.7 Å². The van der Waals surface area contributed by atoms with Gasteiger partial charge in [0.2, 0.25) is 0 Å². The van der Waals surface area contributed by atoms with Crippen LogP contribution in [0.4, 0.5) is 4.79 Å². The molecule has 1 heterocycles. The van der Waals surface area contributed by atoms with Crippen LogP contribution in [0.25, 0.3) is 0 Å². The molecule has 20 heavy (non-hydrogen) atoms. The third kappa shape index (κ3) is 7.21. The first-order chi connectivity index (χ1) is 9.52. The Morgan fingerprint density at radius 1 is 1.35 bits per heavy atom. The van der Waals surface area contributed by atoms with Crippen molar-refractivity contribution in [1.29, 1.82) is 0 Å². The van der Waals surface area contributed by atoms with E-state index in [1.807, 2.05) is 0 Å². The topological polar surface area (TPSA) is 55.6 Å². The second-order valence-electron chi connectivity index (χ2n) is 6.40. The predicted octanol–water partition coefficient (Wildman–Crippen LogP) is 2.18. The molecule has 2 N–H and O–H groups in total. The number of hydrogen-bond donors (Lipinski definition) is 1. The van der Waals surface area contributed by atoms with Crippen molar-refractivity contribution in [3.63, 3.8) is 0 Å². The number of carbonyl (C=O) groups is 1. The Balaban J connectivity index is 2.22. The molecule has 0 bridgehead atoms. The Bertz CT molecular complexity index is 281. The fourth-order valence-electron chi connectivity index (χ4n) is 3.25. The van der Waals surface area contributed by atoms with Crippen molar-refractivity contribution in [3.05, 3.63) is 0 Å². The van der Waals surface area contributed by atoms with Crippen LogP contribution in [-0.2, 0) is 4.74 Å². The molecule has 0 aromatic rings. The van der Waals surface area contributed by atoms with E-state index in [2.05, 4.69) is 18.9 Å². The van der Waals surface area contributed by atoms with Gasteiger partial charge in [-0.2, -0.15) is 0 Å². The van der Waals surface area contributed by atoms with Crippen LogP contribution in [0.5, 0.6) is 0 Å². The average molecular weight is 386 g/mol. The minimum atomic E-state index is -0.619. The zero-order chi connectivity index (χ0) is 15.0. The van der Waals surface area contributed by atoms with E-state index in [0.29, 0.717) is 0 Å². The second-order valence-corrected chi connectivity index (χ2v) is 10.6. The van der Waals surface area contributed by atoms with Gasteiger partial charge in [-0.15, -0.1) is 0 Å². The summed E-state index contributed by atoms with van der Waals surface area (Å²) in [4.78, 5) is 13.3. The number of nitrogens with zero attached hydrogens (tertiary/aromatic N) is 1. The monoisotopic (exact) mass is 386 g/mol. The van der Waals surface area contributed by atoms with Gasteiger partial charge in [0.05, 0.1) is 0 Å². The molecule has 4 nitrogen and oxygen atoms in total. The maximum atomic E-state index is 10.9. The number of carbonyl (C=O) groups excluding carboxylic acids is 1. The SMILES string of the molecule is CCCC(CCC[CH]([InH2])C1CCN(C)CC1)OC(N)=O. The second kappa shape index (κ2) is 9.93. The fourth-order valence-corrected chi connectivity index (χ4v) is 6.32. The van der Waals surface area contributed by atoms with Gasteiger partial charge in [0.15, 0.2) is 0 Å².